The summed E-state index contributed by atoms with van der Waals surface area (Å²) in [5.41, 5.74) is 8.24. The van der Waals surface area contributed by atoms with Gasteiger partial charge in [-0.25, -0.2) is 9.97 Å². The predicted octanol–water partition coefficient (Wildman–Crippen LogP) is 1.45. The average molecular weight is 246 g/mol. The second-order valence-corrected chi connectivity index (χ2v) is 4.78. The summed E-state index contributed by atoms with van der Waals surface area (Å²) in [5.74, 6) is 0.735. The molecule has 0 aliphatic heterocycles. The molecule has 0 fully saturated rings. The van der Waals surface area contributed by atoms with E-state index in [4.69, 9.17) is 5.73 Å². The van der Waals surface area contributed by atoms with Gasteiger partial charge in [-0.2, -0.15) is 0 Å². The van der Waals surface area contributed by atoms with Crippen LogP contribution >= 0.6 is 11.3 Å². The Morgan fingerprint density at radius 3 is 2.82 bits per heavy atom. The number of aromatic nitrogens is 5. The number of thiazole rings is 1. The maximum absolute atomic E-state index is 5.69. The van der Waals surface area contributed by atoms with E-state index < -0.39 is 0 Å². The number of hydrogen-bond acceptors (Lipinski definition) is 6. The van der Waals surface area contributed by atoms with Gasteiger partial charge in [0.15, 0.2) is 16.6 Å². The number of anilines is 1. The van der Waals surface area contributed by atoms with Gasteiger partial charge in [0.2, 0.25) is 0 Å². The zero-order valence-electron chi connectivity index (χ0n) is 9.38. The molecule has 0 radical (unpaired) electrons. The average Bonchev–Trinajstić information content (AvgIpc) is 2.81. The number of nitrogen functional groups attached to an aromatic ring is 1. The van der Waals surface area contributed by atoms with Gasteiger partial charge in [0.05, 0.1) is 10.6 Å². The summed E-state index contributed by atoms with van der Waals surface area (Å²) < 4.78 is 1.84. The monoisotopic (exact) mass is 246 g/mol. The molecule has 0 amide bonds. The molecule has 3 aromatic heterocycles. The van der Waals surface area contributed by atoms with Gasteiger partial charge in [0, 0.05) is 11.8 Å². The molecule has 0 unspecified atom stereocenters. The molecular formula is C10H10N6S. The van der Waals surface area contributed by atoms with Crippen molar-refractivity contribution in [2.45, 2.75) is 13.8 Å². The molecule has 3 heterocycles. The van der Waals surface area contributed by atoms with Crippen LogP contribution < -0.4 is 5.73 Å². The number of hydrogen-bond donors (Lipinski definition) is 1. The molecule has 17 heavy (non-hydrogen) atoms. The molecule has 6 nitrogen and oxygen atoms in total. The van der Waals surface area contributed by atoms with Crippen LogP contribution in [-0.2, 0) is 0 Å². The number of fused-ring (bicyclic) bond motifs is 1. The minimum atomic E-state index is 0.536. The first kappa shape index (κ1) is 10.2. The zero-order chi connectivity index (χ0) is 12.0. The van der Waals surface area contributed by atoms with Crippen LogP contribution in [0.25, 0.3) is 16.3 Å². The third-order valence-electron chi connectivity index (χ3n) is 2.45. The minimum Gasteiger partial charge on any atom is -0.375 e. The fraction of sp³-hybridized carbons (Fsp3) is 0.200. The van der Waals surface area contributed by atoms with Crippen molar-refractivity contribution in [3.63, 3.8) is 0 Å². The Morgan fingerprint density at radius 2 is 2.12 bits per heavy atom. The van der Waals surface area contributed by atoms with E-state index >= 15 is 0 Å². The van der Waals surface area contributed by atoms with Gasteiger partial charge in [-0.3, -0.25) is 4.40 Å². The topological polar surface area (TPSA) is 82.0 Å². The number of nitrogens with two attached hydrogens (primary N) is 1. The van der Waals surface area contributed by atoms with Crippen LogP contribution in [0.15, 0.2) is 12.4 Å². The Hall–Kier alpha value is -2.02. The summed E-state index contributed by atoms with van der Waals surface area (Å²) >= 11 is 1.41. The van der Waals surface area contributed by atoms with Gasteiger partial charge >= 0.3 is 0 Å². The Labute approximate surface area is 101 Å². The van der Waals surface area contributed by atoms with Gasteiger partial charge in [-0.15, -0.1) is 10.2 Å². The van der Waals surface area contributed by atoms with Crippen LogP contribution in [0.3, 0.4) is 0 Å². The quantitative estimate of drug-likeness (QED) is 0.702. The van der Waals surface area contributed by atoms with Crippen LogP contribution in [-0.4, -0.2) is 24.6 Å². The lowest BCUT2D eigenvalue weighted by atomic mass is 10.4. The lowest BCUT2D eigenvalue weighted by molar-refractivity contribution is 1.05. The summed E-state index contributed by atoms with van der Waals surface area (Å²) in [4.78, 5) is 9.36. The standard InChI is InChI=1S/C10H10N6S/c1-5-3-7-14-15-9(16(7)4-12-5)8-6(2)13-10(11)17-8/h3-4H,1-2H3,(H2,11,13). The molecule has 3 rings (SSSR count). The maximum atomic E-state index is 5.69. The molecule has 0 saturated heterocycles. The van der Waals surface area contributed by atoms with E-state index in [9.17, 15) is 0 Å². The molecule has 7 heteroatoms. The SMILES string of the molecule is Cc1cc2nnc(-c3sc(N)nc3C)n2cn1. The summed E-state index contributed by atoms with van der Waals surface area (Å²) in [6.45, 7) is 3.83. The second kappa shape index (κ2) is 3.49. The Kier molecular flexibility index (Phi) is 2.08. The summed E-state index contributed by atoms with van der Waals surface area (Å²) in [6, 6.07) is 1.89. The van der Waals surface area contributed by atoms with E-state index in [1.807, 2.05) is 24.3 Å². The summed E-state index contributed by atoms with van der Waals surface area (Å²) in [7, 11) is 0. The van der Waals surface area contributed by atoms with Gasteiger partial charge in [-0.1, -0.05) is 11.3 Å². The smallest absolute Gasteiger partial charge is 0.181 e. The highest BCUT2D eigenvalue weighted by Gasteiger charge is 2.14. The molecule has 2 N–H and O–H groups in total. The van der Waals surface area contributed by atoms with Crippen molar-refractivity contribution in [2.75, 3.05) is 5.73 Å². The van der Waals surface area contributed by atoms with E-state index in [-0.39, 0.29) is 0 Å². The third-order valence-corrected chi connectivity index (χ3v) is 3.44. The van der Waals surface area contributed by atoms with Crippen LogP contribution in [0, 0.1) is 13.8 Å². The van der Waals surface area contributed by atoms with Gasteiger partial charge in [-0.05, 0) is 13.8 Å². The summed E-state index contributed by atoms with van der Waals surface area (Å²) in [6.07, 6.45) is 1.72. The third kappa shape index (κ3) is 1.55. The van der Waals surface area contributed by atoms with Crippen LogP contribution in [0.2, 0.25) is 0 Å². The molecule has 0 spiro atoms. The zero-order valence-corrected chi connectivity index (χ0v) is 10.2. The largest absolute Gasteiger partial charge is 0.375 e. The van der Waals surface area contributed by atoms with Crippen LogP contribution in [0.1, 0.15) is 11.4 Å². The molecule has 3 aromatic rings. The molecule has 0 aliphatic carbocycles. The fourth-order valence-corrected chi connectivity index (χ4v) is 2.48. The lowest BCUT2D eigenvalue weighted by Gasteiger charge is -1.97. The molecule has 86 valence electrons. The summed E-state index contributed by atoms with van der Waals surface area (Å²) in [5, 5.41) is 8.82. The second-order valence-electron chi connectivity index (χ2n) is 3.75. The molecule has 0 saturated carbocycles. The molecule has 0 bridgehead atoms. The van der Waals surface area contributed by atoms with E-state index in [2.05, 4.69) is 20.2 Å². The van der Waals surface area contributed by atoms with E-state index in [1.54, 1.807) is 6.33 Å². The molecular weight excluding hydrogens is 236 g/mol. The molecule has 0 atom stereocenters. The molecule has 0 aromatic carbocycles. The van der Waals surface area contributed by atoms with Crippen LogP contribution in [0.5, 0.6) is 0 Å². The Morgan fingerprint density at radius 1 is 1.29 bits per heavy atom. The van der Waals surface area contributed by atoms with Crippen LogP contribution in [0.4, 0.5) is 5.13 Å². The molecule has 0 aliphatic rings. The number of rotatable bonds is 1. The van der Waals surface area contributed by atoms with Crippen molar-refractivity contribution in [3.05, 3.63) is 23.8 Å². The van der Waals surface area contributed by atoms with Gasteiger partial charge in [0.1, 0.15) is 6.33 Å². The lowest BCUT2D eigenvalue weighted by Crippen LogP contribution is -1.92. The van der Waals surface area contributed by atoms with E-state index in [0.29, 0.717) is 5.13 Å². The van der Waals surface area contributed by atoms with Crippen molar-refractivity contribution in [1.29, 1.82) is 0 Å². The fourth-order valence-electron chi connectivity index (χ4n) is 1.67. The Balaban J connectivity index is 2.28. The number of aryl methyl sites for hydroxylation is 2. The van der Waals surface area contributed by atoms with Gasteiger partial charge in [0.25, 0.3) is 0 Å². The van der Waals surface area contributed by atoms with Crippen molar-refractivity contribution in [2.24, 2.45) is 0 Å². The van der Waals surface area contributed by atoms with Crippen molar-refractivity contribution in [3.8, 4) is 10.7 Å². The maximum Gasteiger partial charge on any atom is 0.181 e. The van der Waals surface area contributed by atoms with Crippen molar-refractivity contribution in [1.82, 2.24) is 24.6 Å². The first-order valence-corrected chi connectivity index (χ1v) is 5.87. The highest BCUT2D eigenvalue weighted by molar-refractivity contribution is 7.18. The van der Waals surface area contributed by atoms with Crippen molar-refractivity contribution >= 4 is 22.1 Å². The van der Waals surface area contributed by atoms with Gasteiger partial charge < -0.3 is 5.73 Å². The normalized spacial score (nSPS) is 11.2. The van der Waals surface area contributed by atoms with E-state index in [0.717, 1.165) is 27.7 Å². The first-order valence-electron chi connectivity index (χ1n) is 5.06. The Bertz CT molecular complexity index is 698. The first-order chi connectivity index (χ1) is 8.15. The van der Waals surface area contributed by atoms with E-state index in [1.165, 1.54) is 11.3 Å². The van der Waals surface area contributed by atoms with Crippen molar-refractivity contribution < 1.29 is 0 Å². The minimum absolute atomic E-state index is 0.536. The number of nitrogens with zero attached hydrogens (tertiary/aromatic N) is 5. The highest BCUT2D eigenvalue weighted by atomic mass is 32.1. The predicted molar refractivity (Wildman–Crippen MR) is 65.8 cm³/mol. The highest BCUT2D eigenvalue weighted by Crippen LogP contribution is 2.29.